The number of aromatic nitrogens is 3. The Morgan fingerprint density at radius 1 is 0.194 bits per heavy atom. The van der Waals surface area contributed by atoms with Crippen molar-refractivity contribution in [3.8, 4) is 39.3 Å². The first kappa shape index (κ1) is 46.4. The molecule has 0 aliphatic heterocycles. The summed E-state index contributed by atoms with van der Waals surface area (Å²) in [4.78, 5) is 0. The molecule has 3 heterocycles. The molecule has 0 spiro atoms. The Kier molecular flexibility index (Phi) is 10.8. The first-order chi connectivity index (χ1) is 34.5. The van der Waals surface area contributed by atoms with E-state index < -0.39 is 0 Å². The van der Waals surface area contributed by atoms with Crippen molar-refractivity contribution >= 4 is 265 Å². The fraction of sp³-hybridized carbons (Fsp3) is 0. The van der Waals surface area contributed by atoms with Crippen LogP contribution in [0.2, 0.25) is 0 Å². The highest BCUT2D eigenvalue weighted by atomic mass is 15.0. The van der Waals surface area contributed by atoms with Crippen LogP contribution in [0.3, 0.4) is 0 Å². The van der Waals surface area contributed by atoms with Gasteiger partial charge in [0, 0.05) is 49.4 Å². The van der Waals surface area contributed by atoms with Crippen LogP contribution in [-0.4, -0.2) is 131 Å². The van der Waals surface area contributed by atoms with E-state index in [0.29, 0.717) is 17.1 Å². The van der Waals surface area contributed by atoms with Gasteiger partial charge in [-0.15, -0.1) is 49.2 Å². The van der Waals surface area contributed by atoms with Crippen molar-refractivity contribution in [3.05, 3.63) is 121 Å². The number of hydrogen-bond acceptors (Lipinski definition) is 0. The van der Waals surface area contributed by atoms with E-state index in [0.717, 1.165) is 87.7 Å². The molecule has 0 saturated heterocycles. The lowest BCUT2D eigenvalue weighted by Gasteiger charge is -2.23. The summed E-state index contributed by atoms with van der Waals surface area (Å²) >= 11 is 0. The van der Waals surface area contributed by atoms with E-state index in [9.17, 15) is 0 Å². The van der Waals surface area contributed by atoms with Crippen LogP contribution in [-0.2, 0) is 0 Å². The SMILES string of the molecule is [B]c1c([B])c([B])c(-n2c3ccccc3c3cc(-c4ccc5c(c4)c4cc(-c6ccc7c(c6)c6ccccc6n7-c6c([B])c([B])c([B])c([B])c6[B])ccc4n5-c4c([B])c([B])c([B])c([B])c4[B])ccc32)c([B])c1[B]. The van der Waals surface area contributed by atoms with Gasteiger partial charge in [-0.3, -0.25) is 0 Å². The Hall–Kier alpha value is -6.65. The van der Waals surface area contributed by atoms with Crippen molar-refractivity contribution in [2.24, 2.45) is 0 Å². The lowest BCUT2D eigenvalue weighted by molar-refractivity contribution is 1.21. The van der Waals surface area contributed by atoms with Crippen molar-refractivity contribution in [1.29, 1.82) is 0 Å². The first-order valence-corrected chi connectivity index (χ1v) is 22.7. The molecule has 0 amide bonds. The largest absolute Gasteiger partial charge is 0.310 e. The first-order valence-electron chi connectivity index (χ1n) is 22.7. The zero-order valence-electron chi connectivity index (χ0n) is 38.5. The molecule has 72 heavy (non-hydrogen) atoms. The van der Waals surface area contributed by atoms with Crippen LogP contribution >= 0.6 is 0 Å². The highest BCUT2D eigenvalue weighted by molar-refractivity contribution is 6.70. The van der Waals surface area contributed by atoms with Gasteiger partial charge in [0.25, 0.3) is 0 Å². The van der Waals surface area contributed by atoms with Gasteiger partial charge in [-0.2, -0.15) is 0 Å². The Morgan fingerprint density at radius 3 is 0.639 bits per heavy atom. The predicted octanol–water partition coefficient (Wildman–Crippen LogP) is -3.78. The third kappa shape index (κ3) is 6.45. The van der Waals surface area contributed by atoms with Gasteiger partial charge >= 0.3 is 0 Å². The van der Waals surface area contributed by atoms with Gasteiger partial charge in [0.2, 0.25) is 0 Å². The van der Waals surface area contributed by atoms with Crippen molar-refractivity contribution in [1.82, 2.24) is 13.7 Å². The number of fused-ring (bicyclic) bond motifs is 9. The van der Waals surface area contributed by atoms with Gasteiger partial charge in [0.05, 0.1) is 33.1 Å². The van der Waals surface area contributed by atoms with Crippen molar-refractivity contribution in [2.45, 2.75) is 0 Å². The van der Waals surface area contributed by atoms with E-state index in [4.69, 9.17) is 118 Å². The Labute approximate surface area is 436 Å². The summed E-state index contributed by atoms with van der Waals surface area (Å²) < 4.78 is 5.94. The van der Waals surface area contributed by atoms with Crippen LogP contribution in [0.1, 0.15) is 0 Å². The molecule has 0 bridgehead atoms. The molecule has 0 N–H and O–H groups in total. The van der Waals surface area contributed by atoms with Crippen LogP contribution in [0, 0.1) is 0 Å². The Bertz CT molecular complexity index is 4080. The molecule has 12 rings (SSSR count). The average molecular weight is 873 g/mol. The van der Waals surface area contributed by atoms with Crippen molar-refractivity contribution < 1.29 is 0 Å². The molecule has 18 heteroatoms. The maximum Gasteiger partial charge on any atom is 0.115 e. The topological polar surface area (TPSA) is 14.8 Å². The molecule has 9 aromatic carbocycles. The van der Waals surface area contributed by atoms with Gasteiger partial charge in [0.1, 0.15) is 118 Å². The minimum Gasteiger partial charge on any atom is -0.310 e. The molecule has 0 unspecified atom stereocenters. The number of nitrogens with zero attached hydrogens (tertiary/aromatic N) is 3. The van der Waals surface area contributed by atoms with Crippen LogP contribution in [0.5, 0.6) is 0 Å². The van der Waals surface area contributed by atoms with E-state index in [-0.39, 0.29) is 81.9 Å². The summed E-state index contributed by atoms with van der Waals surface area (Å²) in [5.74, 6) is 0. The highest BCUT2D eigenvalue weighted by Crippen LogP contribution is 2.40. The van der Waals surface area contributed by atoms with E-state index in [1.165, 1.54) is 0 Å². The maximum atomic E-state index is 6.80. The van der Waals surface area contributed by atoms with Crippen LogP contribution in [0.4, 0.5) is 0 Å². The van der Waals surface area contributed by atoms with E-state index >= 15 is 0 Å². The van der Waals surface area contributed by atoms with Crippen LogP contribution < -0.4 is 81.9 Å². The van der Waals surface area contributed by atoms with Crippen molar-refractivity contribution in [3.63, 3.8) is 0 Å². The summed E-state index contributed by atoms with van der Waals surface area (Å²) in [6, 6.07) is 40.9. The molecule has 0 fully saturated rings. The normalized spacial score (nSPS) is 11.9. The van der Waals surface area contributed by atoms with Gasteiger partial charge < -0.3 is 13.7 Å². The minimum absolute atomic E-state index is 0.120. The number of benzene rings is 9. The number of rotatable bonds is 5. The summed E-state index contributed by atoms with van der Waals surface area (Å²) in [6.07, 6.45) is 0. The Morgan fingerprint density at radius 2 is 0.389 bits per heavy atom. The lowest BCUT2D eigenvalue weighted by atomic mass is 9.61. The zero-order valence-corrected chi connectivity index (χ0v) is 38.5. The van der Waals surface area contributed by atoms with Gasteiger partial charge in [-0.25, -0.2) is 0 Å². The van der Waals surface area contributed by atoms with Gasteiger partial charge in [-0.05, 0) is 82.9 Å². The fourth-order valence-corrected chi connectivity index (χ4v) is 10.6. The van der Waals surface area contributed by atoms with Gasteiger partial charge in [-0.1, -0.05) is 93.4 Å². The second-order valence-corrected chi connectivity index (χ2v) is 18.2. The predicted molar refractivity (Wildman–Crippen MR) is 321 cm³/mol. The summed E-state index contributed by atoms with van der Waals surface area (Å²) in [7, 11) is 97.5. The van der Waals surface area contributed by atoms with E-state index in [2.05, 4.69) is 60.7 Å². The molecule has 3 aromatic heterocycles. The van der Waals surface area contributed by atoms with E-state index in [1.54, 1.807) is 0 Å². The molecule has 30 radical (unpaired) electrons. The van der Waals surface area contributed by atoms with Crippen LogP contribution in [0.25, 0.3) is 105 Å². The zero-order chi connectivity index (χ0) is 50.5. The number of para-hydroxylation sites is 2. The minimum atomic E-state index is 0.120. The molecular weight excluding hydrogens is 853 g/mol. The average Bonchev–Trinajstić information content (AvgIpc) is 4.02. The highest BCUT2D eigenvalue weighted by Gasteiger charge is 2.23. The third-order valence-electron chi connectivity index (χ3n) is 14.5. The molecule has 0 atom stereocenters. The molecule has 0 saturated carbocycles. The monoisotopic (exact) mass is 875 g/mol. The summed E-state index contributed by atoms with van der Waals surface area (Å²) in [5.41, 5.74) is 12.7. The molecule has 3 nitrogen and oxygen atoms in total. The Balaban J connectivity index is 1.08. The smallest absolute Gasteiger partial charge is 0.115 e. The standard InChI is InChI=1S/C54H20B15N3/c55-37-40(58)46(64)52(47(65)41(37)59)70-31-7-3-1-5-25(31)27-17-21(9-13-33(27)70)23-11-15-35-29(19-23)30-20-24(12-16-36(30)72(35)54-50(68)44(62)39(57)45(63)51(54)69)22-10-14-34-28(18-22)26-6-2-4-8-32(26)71(34)53-48(66)42(60)38(56)43(61)49(53)67/h1-20H. The maximum absolute atomic E-state index is 6.80. The lowest BCUT2D eigenvalue weighted by Crippen LogP contribution is -2.56. The fourth-order valence-electron chi connectivity index (χ4n) is 10.6. The third-order valence-corrected chi connectivity index (χ3v) is 14.5. The molecular formula is C54H20B15N3. The van der Waals surface area contributed by atoms with Crippen LogP contribution in [0.15, 0.2) is 121 Å². The number of hydrogen-bond donors (Lipinski definition) is 0. The summed E-state index contributed by atoms with van der Waals surface area (Å²) in [5, 5.41) is 5.61. The van der Waals surface area contributed by atoms with Gasteiger partial charge in [0.15, 0.2) is 0 Å². The molecule has 296 valence electrons. The molecule has 0 aliphatic rings. The molecule has 12 aromatic rings. The summed E-state index contributed by atoms with van der Waals surface area (Å²) in [6.45, 7) is 0. The second-order valence-electron chi connectivity index (χ2n) is 18.2. The van der Waals surface area contributed by atoms with E-state index in [1.807, 2.05) is 74.4 Å². The quantitative estimate of drug-likeness (QED) is 0.158. The second kappa shape index (κ2) is 16.7. The molecule has 0 aliphatic carbocycles. The van der Waals surface area contributed by atoms with Crippen molar-refractivity contribution in [2.75, 3.05) is 0 Å².